The average molecular weight is 127 g/mol. The Balaban J connectivity index is 1.97. The number of rotatable bonds is 1. The van der Waals surface area contributed by atoms with Crippen molar-refractivity contribution >= 4 is 16.1 Å². The minimum atomic E-state index is 2.02. The molecule has 0 saturated carbocycles. The molecule has 4 heavy (non-hydrogen) atoms. The van der Waals surface area contributed by atoms with Gasteiger partial charge >= 0.3 is 0 Å². The maximum Gasteiger partial charge on any atom is 0.0390 e. The van der Waals surface area contributed by atoms with E-state index in [1.165, 1.54) is 0 Å². The number of hydrogen-bond acceptors (Lipinski definition) is 3. The molecule has 0 atom stereocenters. The summed E-state index contributed by atoms with van der Waals surface area (Å²) in [5.74, 6) is 4.37. The summed E-state index contributed by atoms with van der Waals surface area (Å²) in [6, 6.07) is 0. The van der Waals surface area contributed by atoms with Crippen molar-refractivity contribution in [3.8, 4) is 0 Å². The van der Waals surface area contributed by atoms with Crippen molar-refractivity contribution in [2.45, 2.75) is 0 Å². The van der Waals surface area contributed by atoms with Crippen LogP contribution in [0.3, 0.4) is 0 Å². The van der Waals surface area contributed by atoms with Crippen LogP contribution in [0.1, 0.15) is 0 Å². The maximum atomic E-state index is 4.37. The lowest BCUT2D eigenvalue weighted by Crippen LogP contribution is -2.05. The van der Waals surface area contributed by atoms with Crippen molar-refractivity contribution in [2.75, 3.05) is 0 Å². The predicted octanol–water partition coefficient (Wildman–Crippen LogP) is -0.309. The monoisotopic (exact) mass is 126 g/mol. The van der Waals surface area contributed by atoms with Gasteiger partial charge in [-0.05, 0) is 0 Å². The molecule has 0 spiro atoms. The van der Waals surface area contributed by atoms with E-state index in [0.717, 1.165) is 0 Å². The highest BCUT2D eigenvalue weighted by Gasteiger charge is 1.49. The van der Waals surface area contributed by atoms with Gasteiger partial charge in [0.2, 0.25) is 0 Å². The van der Waals surface area contributed by atoms with Crippen molar-refractivity contribution in [1.29, 1.82) is 0 Å². The highest BCUT2D eigenvalue weighted by atomic mass is 79.9. The molecule has 0 saturated heterocycles. The third-order valence-electron chi connectivity index (χ3n) is 0.0445. The summed E-state index contributed by atoms with van der Waals surface area (Å²) in [5, 5.41) is 0. The fraction of sp³-hybridized carbons (Fsp3) is 0. The minimum Gasteiger partial charge on any atom is -0.206 e. The first-order valence-corrected chi connectivity index (χ1v) is 1.42. The van der Waals surface area contributed by atoms with Gasteiger partial charge in [-0.3, -0.25) is 0 Å². The lowest BCUT2D eigenvalue weighted by Gasteiger charge is -1.76. The van der Waals surface area contributed by atoms with E-state index in [1.807, 2.05) is 4.51 Å². The molecule has 0 amide bonds. The Morgan fingerprint density at radius 2 is 2.25 bits per heavy atom. The fourth-order valence-electron chi connectivity index (χ4n) is 0. The van der Waals surface area contributed by atoms with Crippen molar-refractivity contribution in [2.24, 2.45) is 5.90 Å². The van der Waals surface area contributed by atoms with Gasteiger partial charge < -0.3 is 0 Å². The maximum absolute atomic E-state index is 4.37. The molecule has 0 aliphatic rings. The van der Waals surface area contributed by atoms with Gasteiger partial charge in [-0.2, -0.15) is 5.90 Å². The molecule has 3 N–H and O–H groups in total. The van der Waals surface area contributed by atoms with Crippen LogP contribution in [-0.4, -0.2) is 0 Å². The topological polar surface area (TPSA) is 47.3 Å². The molecule has 3 nitrogen and oxygen atoms in total. The highest BCUT2D eigenvalue weighted by Crippen LogP contribution is 1.54. The summed E-state index contributed by atoms with van der Waals surface area (Å²) in [6.07, 6.45) is 0. The molecule has 0 bridgehead atoms. The van der Waals surface area contributed by atoms with Crippen LogP contribution in [0.4, 0.5) is 0 Å². The number of hydrogen-bond donors (Lipinski definition) is 2. The molecule has 0 aromatic carbocycles. The molecule has 0 fully saturated rings. The Bertz CT molecular complexity index is 8.00. The van der Waals surface area contributed by atoms with Gasteiger partial charge in [0.05, 0.1) is 0 Å². The minimum absolute atomic E-state index is 2.02. The second-order valence-corrected chi connectivity index (χ2v) is 0.519. The van der Waals surface area contributed by atoms with Crippen molar-refractivity contribution in [3.05, 3.63) is 0 Å². The van der Waals surface area contributed by atoms with E-state index >= 15 is 0 Å². The number of halogens is 1. The van der Waals surface area contributed by atoms with Crippen LogP contribution >= 0.6 is 16.1 Å². The van der Waals surface area contributed by atoms with E-state index < -0.39 is 0 Å². The van der Waals surface area contributed by atoms with Crippen LogP contribution in [0.25, 0.3) is 0 Å². The summed E-state index contributed by atoms with van der Waals surface area (Å²) in [7, 11) is 0. The van der Waals surface area contributed by atoms with Gasteiger partial charge in [-0.1, -0.05) is 0 Å². The van der Waals surface area contributed by atoms with E-state index in [4.69, 9.17) is 0 Å². The molecular weight excluding hydrogens is 124 g/mol. The molecule has 0 heterocycles. The number of nitrogens with two attached hydrogens (primary N) is 1. The summed E-state index contributed by atoms with van der Waals surface area (Å²) < 4.78 is 2.02. The SMILES string of the molecule is NONBr. The van der Waals surface area contributed by atoms with Gasteiger partial charge in [-0.15, -0.1) is 4.51 Å². The molecular formula is H3BrN2O. The van der Waals surface area contributed by atoms with Crippen LogP contribution in [-0.2, 0) is 4.94 Å². The van der Waals surface area contributed by atoms with E-state index in [0.29, 0.717) is 0 Å². The van der Waals surface area contributed by atoms with E-state index in [9.17, 15) is 0 Å². The van der Waals surface area contributed by atoms with Gasteiger partial charge in [0, 0.05) is 16.1 Å². The molecule has 0 aromatic heterocycles. The quantitative estimate of drug-likeness (QED) is 0.375. The first-order valence-electron chi connectivity index (χ1n) is 0.629. The third kappa shape index (κ3) is 2.36. The van der Waals surface area contributed by atoms with Gasteiger partial charge in [0.1, 0.15) is 0 Å². The second kappa shape index (κ2) is 3.36. The largest absolute Gasteiger partial charge is 0.206 e. The van der Waals surface area contributed by atoms with Gasteiger partial charge in [0.25, 0.3) is 0 Å². The molecule has 0 radical (unpaired) electrons. The summed E-state index contributed by atoms with van der Waals surface area (Å²) in [4.78, 5) is 3.71. The van der Waals surface area contributed by atoms with Gasteiger partial charge in [-0.25, -0.2) is 4.94 Å². The average Bonchev–Trinajstić information content (AvgIpc) is 1.37. The molecule has 0 aliphatic carbocycles. The third-order valence-corrected chi connectivity index (χ3v) is 0.231. The van der Waals surface area contributed by atoms with Gasteiger partial charge in [0.15, 0.2) is 0 Å². The number of nitrogens with one attached hydrogen (secondary N) is 1. The highest BCUT2D eigenvalue weighted by molar-refractivity contribution is 9.07. The Morgan fingerprint density at radius 3 is 2.25 bits per heavy atom. The van der Waals surface area contributed by atoms with Crippen LogP contribution in [0, 0.1) is 0 Å². The molecule has 0 aliphatic heterocycles. The van der Waals surface area contributed by atoms with Crippen molar-refractivity contribution < 1.29 is 4.94 Å². The standard InChI is InChI=1S/BrH3N2O/c1-3-4-2/h3H,2H2. The molecule has 0 aromatic rings. The predicted molar refractivity (Wildman–Crippen MR) is 17.3 cm³/mol. The Morgan fingerprint density at radius 1 is 2.00 bits per heavy atom. The van der Waals surface area contributed by atoms with Crippen LogP contribution in [0.2, 0.25) is 0 Å². The zero-order valence-electron chi connectivity index (χ0n) is 1.86. The Labute approximate surface area is 32.4 Å². The first kappa shape index (κ1) is 4.36. The zero-order chi connectivity index (χ0) is 3.41. The van der Waals surface area contributed by atoms with Crippen molar-refractivity contribution in [3.63, 3.8) is 0 Å². The molecule has 26 valence electrons. The lowest BCUT2D eigenvalue weighted by atomic mass is 13.3. The zero-order valence-corrected chi connectivity index (χ0v) is 3.45. The van der Waals surface area contributed by atoms with E-state index in [1.54, 1.807) is 0 Å². The fourth-order valence-corrected chi connectivity index (χ4v) is 0. The Hall–Kier alpha value is 0.360. The summed E-state index contributed by atoms with van der Waals surface area (Å²) in [5.41, 5.74) is 0. The van der Waals surface area contributed by atoms with Crippen LogP contribution < -0.4 is 10.4 Å². The normalized spacial score (nSPS) is 7.50. The van der Waals surface area contributed by atoms with E-state index in [-0.39, 0.29) is 0 Å². The first-order chi connectivity index (χ1) is 1.91. The summed E-state index contributed by atoms with van der Waals surface area (Å²) in [6.45, 7) is 0. The molecule has 0 rings (SSSR count). The smallest absolute Gasteiger partial charge is 0.0390 e. The summed E-state index contributed by atoms with van der Waals surface area (Å²) >= 11 is 2.65. The lowest BCUT2D eigenvalue weighted by molar-refractivity contribution is 0.109. The van der Waals surface area contributed by atoms with Crippen LogP contribution in [0.5, 0.6) is 0 Å². The Kier molecular flexibility index (Phi) is 3.66. The molecule has 0 unspecified atom stereocenters. The van der Waals surface area contributed by atoms with E-state index in [2.05, 4.69) is 27.0 Å². The second-order valence-electron chi connectivity index (χ2n) is 0.195. The molecule has 4 heteroatoms. The van der Waals surface area contributed by atoms with Crippen LogP contribution in [0.15, 0.2) is 0 Å². The van der Waals surface area contributed by atoms with Crippen molar-refractivity contribution in [1.82, 2.24) is 4.51 Å².